The summed E-state index contributed by atoms with van der Waals surface area (Å²) in [7, 11) is 0. The Labute approximate surface area is 233 Å². The molecule has 0 spiro atoms. The van der Waals surface area contributed by atoms with E-state index in [4.69, 9.17) is 10.3 Å². The number of allylic oxidation sites excluding steroid dienone is 3. The third-order valence-electron chi connectivity index (χ3n) is 6.60. The van der Waals surface area contributed by atoms with Gasteiger partial charge in [-0.1, -0.05) is 71.9 Å². The molecule has 0 fully saturated rings. The highest BCUT2D eigenvalue weighted by Crippen LogP contribution is 2.50. The van der Waals surface area contributed by atoms with Crippen molar-refractivity contribution in [2.75, 3.05) is 16.0 Å². The van der Waals surface area contributed by atoms with E-state index in [0.717, 1.165) is 16.8 Å². The van der Waals surface area contributed by atoms with Gasteiger partial charge in [0.05, 0.1) is 23.3 Å². The minimum Gasteiger partial charge on any atom is -0.384 e. The third-order valence-corrected chi connectivity index (χ3v) is 8.64. The van der Waals surface area contributed by atoms with Gasteiger partial charge >= 0.3 is 0 Å². The van der Waals surface area contributed by atoms with E-state index in [1.165, 1.54) is 23.1 Å². The summed E-state index contributed by atoms with van der Waals surface area (Å²) in [6, 6.07) is 11.7. The fraction of sp³-hybridized carbons (Fsp3) is 0.333. The molecular formula is C27H27N7O3S2. The van der Waals surface area contributed by atoms with Crippen LogP contribution in [0.1, 0.15) is 49.5 Å². The topological polar surface area (TPSA) is 151 Å². The normalized spacial score (nSPS) is 18.7. The van der Waals surface area contributed by atoms with Gasteiger partial charge in [-0.2, -0.15) is 5.26 Å². The Hall–Kier alpha value is -3.95. The molecule has 0 saturated carbocycles. The SMILES string of the molecule is Cc1ccc(C2C(C#N)=C(N)N(c3nnc(SCC(=O)Nc4cc(C)on4)s3)C3=C2C(=O)CC(C)(C)C3)cc1. The van der Waals surface area contributed by atoms with Crippen molar-refractivity contribution in [3.63, 3.8) is 0 Å². The number of carbonyl (C=O) groups excluding carboxylic acids is 2. The molecule has 3 aromatic rings. The van der Waals surface area contributed by atoms with E-state index in [9.17, 15) is 14.9 Å². The molecule has 0 bridgehead atoms. The fourth-order valence-electron chi connectivity index (χ4n) is 4.90. The predicted octanol–water partition coefficient (Wildman–Crippen LogP) is 4.81. The number of nitrogens with zero attached hydrogens (tertiary/aromatic N) is 5. The number of hydrogen-bond acceptors (Lipinski definition) is 11. The summed E-state index contributed by atoms with van der Waals surface area (Å²) >= 11 is 2.47. The largest absolute Gasteiger partial charge is 0.384 e. The molecule has 1 unspecified atom stereocenters. The van der Waals surface area contributed by atoms with Crippen LogP contribution in [-0.2, 0) is 9.59 Å². The van der Waals surface area contributed by atoms with Crippen LogP contribution >= 0.6 is 23.1 Å². The number of Topliss-reactive ketones (excluding diaryl/α,β-unsaturated/α-hetero) is 1. The molecule has 1 aliphatic heterocycles. The van der Waals surface area contributed by atoms with Crippen LogP contribution in [0.5, 0.6) is 0 Å². The van der Waals surface area contributed by atoms with E-state index in [0.29, 0.717) is 45.0 Å². The van der Waals surface area contributed by atoms with Crippen molar-refractivity contribution < 1.29 is 14.1 Å². The minimum atomic E-state index is -0.545. The highest BCUT2D eigenvalue weighted by Gasteiger charge is 2.45. The molecule has 1 amide bonds. The lowest BCUT2D eigenvalue weighted by Crippen LogP contribution is -2.42. The lowest BCUT2D eigenvalue weighted by molar-refractivity contribution is -0.118. The smallest absolute Gasteiger partial charge is 0.236 e. The van der Waals surface area contributed by atoms with Crippen LogP contribution in [0, 0.1) is 30.6 Å². The monoisotopic (exact) mass is 561 g/mol. The maximum absolute atomic E-state index is 13.6. The summed E-state index contributed by atoms with van der Waals surface area (Å²) in [6.07, 6.45) is 0.954. The number of amides is 1. The van der Waals surface area contributed by atoms with Crippen LogP contribution in [0.15, 0.2) is 61.9 Å². The van der Waals surface area contributed by atoms with Gasteiger partial charge in [0.2, 0.25) is 11.0 Å². The van der Waals surface area contributed by atoms with Crippen molar-refractivity contribution in [2.24, 2.45) is 11.1 Å². The number of nitriles is 1. The van der Waals surface area contributed by atoms with Crippen molar-refractivity contribution >= 4 is 45.7 Å². The van der Waals surface area contributed by atoms with Crippen LogP contribution in [0.25, 0.3) is 0 Å². The number of hydrogen-bond donors (Lipinski definition) is 2. The number of thioether (sulfide) groups is 1. The fourth-order valence-corrected chi connectivity index (χ4v) is 6.58. The first kappa shape index (κ1) is 26.6. The Balaban J connectivity index is 1.48. The molecule has 2 aliphatic rings. The number of aromatic nitrogens is 3. The number of carbonyl (C=O) groups is 2. The van der Waals surface area contributed by atoms with Gasteiger partial charge in [-0.3, -0.25) is 14.5 Å². The molecule has 1 aliphatic carbocycles. The van der Waals surface area contributed by atoms with Crippen molar-refractivity contribution in [1.29, 1.82) is 5.26 Å². The standard InChI is InChI=1S/C27H27N7O3S2/c1-14-5-7-16(8-6-14)22-17(12-28)24(29)34(18-10-27(3,4)11-19(35)23(18)22)25-31-32-26(39-25)38-13-21(36)30-20-9-15(2)37-33-20/h5-9,22H,10-11,13,29H2,1-4H3,(H,30,33,36). The molecular weight excluding hydrogens is 534 g/mol. The molecule has 0 saturated heterocycles. The zero-order valence-corrected chi connectivity index (χ0v) is 23.6. The van der Waals surface area contributed by atoms with Gasteiger partial charge in [-0.05, 0) is 31.2 Å². The van der Waals surface area contributed by atoms with Gasteiger partial charge in [-0.25, -0.2) is 0 Å². The lowest BCUT2D eigenvalue weighted by atomic mass is 9.68. The second-order valence-electron chi connectivity index (χ2n) is 10.4. The van der Waals surface area contributed by atoms with E-state index in [1.54, 1.807) is 17.9 Å². The van der Waals surface area contributed by atoms with Gasteiger partial charge in [0.25, 0.3) is 0 Å². The second kappa shape index (κ2) is 10.3. The average molecular weight is 562 g/mol. The summed E-state index contributed by atoms with van der Waals surface area (Å²) in [4.78, 5) is 27.7. The van der Waals surface area contributed by atoms with E-state index >= 15 is 0 Å². The Morgan fingerprint density at radius 2 is 2.03 bits per heavy atom. The lowest BCUT2D eigenvalue weighted by Gasteiger charge is -2.42. The Morgan fingerprint density at radius 1 is 1.28 bits per heavy atom. The van der Waals surface area contributed by atoms with Crippen LogP contribution in [0.4, 0.5) is 10.9 Å². The van der Waals surface area contributed by atoms with Crippen molar-refractivity contribution in [1.82, 2.24) is 15.4 Å². The predicted molar refractivity (Wildman–Crippen MR) is 149 cm³/mol. The quantitative estimate of drug-likeness (QED) is 0.401. The summed E-state index contributed by atoms with van der Waals surface area (Å²) in [5, 5.41) is 25.7. The zero-order valence-electron chi connectivity index (χ0n) is 21.9. The van der Waals surface area contributed by atoms with Crippen LogP contribution in [0.3, 0.4) is 0 Å². The molecule has 0 radical (unpaired) electrons. The van der Waals surface area contributed by atoms with Gasteiger partial charge < -0.3 is 15.6 Å². The molecule has 2 aromatic heterocycles. The maximum atomic E-state index is 13.6. The van der Waals surface area contributed by atoms with Crippen molar-refractivity contribution in [2.45, 2.75) is 50.8 Å². The number of benzene rings is 1. The third kappa shape index (κ3) is 5.32. The first-order valence-electron chi connectivity index (χ1n) is 12.3. The number of aryl methyl sites for hydroxylation is 2. The van der Waals surface area contributed by atoms with Crippen molar-refractivity contribution in [3.8, 4) is 6.07 Å². The van der Waals surface area contributed by atoms with E-state index in [-0.39, 0.29) is 28.7 Å². The van der Waals surface area contributed by atoms with E-state index in [1.807, 2.05) is 45.0 Å². The molecule has 3 heterocycles. The summed E-state index contributed by atoms with van der Waals surface area (Å²) in [5.74, 6) is 0.451. The number of nitrogens with one attached hydrogen (secondary N) is 1. The molecule has 39 heavy (non-hydrogen) atoms. The van der Waals surface area contributed by atoms with Gasteiger partial charge in [-0.15, -0.1) is 10.2 Å². The number of ketones is 1. The maximum Gasteiger partial charge on any atom is 0.236 e. The van der Waals surface area contributed by atoms with Crippen LogP contribution in [0.2, 0.25) is 0 Å². The van der Waals surface area contributed by atoms with E-state index in [2.05, 4.69) is 26.7 Å². The number of anilines is 2. The first-order valence-corrected chi connectivity index (χ1v) is 14.1. The second-order valence-corrected chi connectivity index (χ2v) is 12.6. The number of nitrogens with two attached hydrogens (primary N) is 1. The Kier molecular flexibility index (Phi) is 7.05. The summed E-state index contributed by atoms with van der Waals surface area (Å²) < 4.78 is 5.52. The molecule has 10 nitrogen and oxygen atoms in total. The van der Waals surface area contributed by atoms with Gasteiger partial charge in [0.1, 0.15) is 11.6 Å². The molecule has 3 N–H and O–H groups in total. The first-order chi connectivity index (χ1) is 18.6. The summed E-state index contributed by atoms with van der Waals surface area (Å²) in [6.45, 7) is 7.82. The molecule has 200 valence electrons. The Morgan fingerprint density at radius 3 is 2.69 bits per heavy atom. The van der Waals surface area contributed by atoms with E-state index < -0.39 is 5.92 Å². The zero-order chi connectivity index (χ0) is 27.9. The van der Waals surface area contributed by atoms with Crippen LogP contribution in [-0.4, -0.2) is 32.8 Å². The van der Waals surface area contributed by atoms with Gasteiger partial charge in [0, 0.05) is 23.8 Å². The molecule has 5 rings (SSSR count). The number of rotatable bonds is 6. The highest BCUT2D eigenvalue weighted by molar-refractivity contribution is 8.01. The average Bonchev–Trinajstić information content (AvgIpc) is 3.50. The molecule has 12 heteroatoms. The van der Waals surface area contributed by atoms with Crippen LogP contribution < -0.4 is 16.0 Å². The minimum absolute atomic E-state index is 0.00375. The Bertz CT molecular complexity index is 1560. The van der Waals surface area contributed by atoms with Crippen molar-refractivity contribution in [3.05, 3.63) is 69.9 Å². The summed E-state index contributed by atoms with van der Waals surface area (Å²) in [5.41, 5.74) is 9.93. The van der Waals surface area contributed by atoms with Gasteiger partial charge in [0.15, 0.2) is 15.9 Å². The molecule has 1 atom stereocenters. The highest BCUT2D eigenvalue weighted by atomic mass is 32.2. The molecule has 1 aromatic carbocycles.